The molecule has 2 aliphatic rings. The second kappa shape index (κ2) is 6.37. The maximum Gasteiger partial charge on any atom is 0.146 e. The molecule has 1 saturated heterocycles. The van der Waals surface area contributed by atoms with Gasteiger partial charge in [0.1, 0.15) is 17.7 Å². The first-order valence-corrected chi connectivity index (χ1v) is 9.23. The van der Waals surface area contributed by atoms with Gasteiger partial charge in [0, 0.05) is 29.4 Å². The molecule has 2 aliphatic heterocycles. The third-order valence-corrected chi connectivity index (χ3v) is 5.34. The Morgan fingerprint density at radius 3 is 2.83 bits per heavy atom. The molecule has 1 atom stereocenters. The zero-order valence-corrected chi connectivity index (χ0v) is 15.5. The van der Waals surface area contributed by atoms with Crippen molar-refractivity contribution in [3.8, 4) is 5.75 Å². The van der Waals surface area contributed by atoms with Crippen molar-refractivity contribution in [1.82, 2.24) is 4.98 Å². The number of ether oxygens (including phenoxy) is 2. The van der Waals surface area contributed by atoms with Gasteiger partial charge >= 0.3 is 0 Å². The predicted molar refractivity (Wildman–Crippen MR) is 98.2 cm³/mol. The van der Waals surface area contributed by atoms with Gasteiger partial charge in [-0.25, -0.2) is 4.98 Å². The molecule has 3 heterocycles. The summed E-state index contributed by atoms with van der Waals surface area (Å²) in [5, 5.41) is 3.50. The number of nitrogens with one attached hydrogen (secondary N) is 1. The lowest BCUT2D eigenvalue weighted by Crippen LogP contribution is -2.17. The zero-order valence-electron chi connectivity index (χ0n) is 13.9. The molecule has 4 nitrogen and oxygen atoms in total. The van der Waals surface area contributed by atoms with E-state index in [9.17, 15) is 0 Å². The van der Waals surface area contributed by atoms with Gasteiger partial charge in [-0.15, -0.1) is 0 Å². The fourth-order valence-electron chi connectivity index (χ4n) is 3.72. The van der Waals surface area contributed by atoms with Gasteiger partial charge in [0.15, 0.2) is 0 Å². The van der Waals surface area contributed by atoms with Crippen LogP contribution in [0.15, 0.2) is 28.9 Å². The average molecular weight is 389 g/mol. The number of benzene rings is 1. The van der Waals surface area contributed by atoms with E-state index in [1.165, 1.54) is 11.1 Å². The van der Waals surface area contributed by atoms with Gasteiger partial charge in [0.05, 0.1) is 5.69 Å². The first-order chi connectivity index (χ1) is 11.6. The van der Waals surface area contributed by atoms with Crippen LogP contribution in [0, 0.1) is 6.92 Å². The number of pyridine rings is 1. The minimum atomic E-state index is -0.0415. The Kier molecular flexibility index (Phi) is 4.22. The Labute approximate surface area is 150 Å². The molecule has 1 unspecified atom stereocenters. The Balaban J connectivity index is 1.80. The maximum absolute atomic E-state index is 6.35. The zero-order chi connectivity index (χ0) is 16.7. The van der Waals surface area contributed by atoms with Gasteiger partial charge in [-0.1, -0.05) is 15.9 Å². The van der Waals surface area contributed by atoms with Crippen LogP contribution in [0.1, 0.15) is 48.5 Å². The summed E-state index contributed by atoms with van der Waals surface area (Å²) in [7, 11) is 0. The van der Waals surface area contributed by atoms with Gasteiger partial charge in [0.25, 0.3) is 0 Å². The first-order valence-electron chi connectivity index (χ1n) is 8.44. The van der Waals surface area contributed by atoms with E-state index in [1.54, 1.807) is 0 Å². The molecule has 0 radical (unpaired) electrons. The largest absolute Gasteiger partial charge is 0.483 e. The van der Waals surface area contributed by atoms with Crippen LogP contribution in [0.3, 0.4) is 0 Å². The van der Waals surface area contributed by atoms with Gasteiger partial charge in [-0.05, 0) is 61.9 Å². The molecule has 2 aromatic rings. The van der Waals surface area contributed by atoms with Gasteiger partial charge in [0.2, 0.25) is 0 Å². The van der Waals surface area contributed by atoms with Crippen molar-refractivity contribution in [1.29, 1.82) is 0 Å². The Bertz CT molecular complexity index is 772. The van der Waals surface area contributed by atoms with Crippen LogP contribution in [-0.4, -0.2) is 18.2 Å². The molecule has 0 saturated carbocycles. The van der Waals surface area contributed by atoms with Crippen LogP contribution in [0.5, 0.6) is 5.75 Å². The molecular formula is C19H21BrN2O2. The van der Waals surface area contributed by atoms with Crippen molar-refractivity contribution in [2.75, 3.05) is 18.5 Å². The molecule has 126 valence electrons. The van der Waals surface area contributed by atoms with E-state index in [-0.39, 0.29) is 6.10 Å². The highest BCUT2D eigenvalue weighted by Crippen LogP contribution is 2.44. The number of fused-ring (bicyclic) bond motifs is 2. The molecule has 1 aromatic heterocycles. The Morgan fingerprint density at radius 2 is 2.04 bits per heavy atom. The van der Waals surface area contributed by atoms with Crippen molar-refractivity contribution in [2.24, 2.45) is 0 Å². The van der Waals surface area contributed by atoms with Crippen LogP contribution in [0.25, 0.3) is 0 Å². The summed E-state index contributed by atoms with van der Waals surface area (Å²) in [6.07, 6.45) is 3.97. The minimum absolute atomic E-state index is 0.0415. The highest BCUT2D eigenvalue weighted by Gasteiger charge is 2.28. The third kappa shape index (κ3) is 2.80. The highest BCUT2D eigenvalue weighted by molar-refractivity contribution is 9.10. The van der Waals surface area contributed by atoms with Gasteiger partial charge < -0.3 is 14.8 Å². The van der Waals surface area contributed by atoms with Crippen molar-refractivity contribution < 1.29 is 9.47 Å². The van der Waals surface area contributed by atoms with Gasteiger partial charge in [-0.2, -0.15) is 0 Å². The standard InChI is InChI=1S/C19H21BrN2O2/c1-11-9-14(20)10-16-18(11)24-12(2)17-15(3-6-21-19(17)22-16)13-4-7-23-8-5-13/h3,6,9-10,12-13H,4-5,7-8H2,1-2H3,(H,21,22). The number of anilines is 2. The summed E-state index contributed by atoms with van der Waals surface area (Å²) in [5.41, 5.74) is 4.59. The van der Waals surface area contributed by atoms with Crippen molar-refractivity contribution in [2.45, 2.75) is 38.7 Å². The molecular weight excluding hydrogens is 368 g/mol. The monoisotopic (exact) mass is 388 g/mol. The first kappa shape index (κ1) is 15.9. The second-order valence-corrected chi connectivity index (χ2v) is 7.45. The normalized spacial score (nSPS) is 20.4. The number of hydrogen-bond donors (Lipinski definition) is 1. The molecule has 0 bridgehead atoms. The fourth-order valence-corrected chi connectivity index (χ4v) is 4.29. The Morgan fingerprint density at radius 1 is 1.25 bits per heavy atom. The summed E-state index contributed by atoms with van der Waals surface area (Å²) < 4.78 is 12.9. The van der Waals surface area contributed by atoms with Crippen molar-refractivity contribution >= 4 is 27.4 Å². The molecule has 1 aromatic carbocycles. The summed E-state index contributed by atoms with van der Waals surface area (Å²) in [5.74, 6) is 2.32. The summed E-state index contributed by atoms with van der Waals surface area (Å²) in [4.78, 5) is 4.61. The predicted octanol–water partition coefficient (Wildman–Crippen LogP) is 5.24. The SMILES string of the molecule is Cc1cc(Br)cc2c1OC(C)c1c(C3CCOCC3)ccnc1N2. The highest BCUT2D eigenvalue weighted by atomic mass is 79.9. The lowest BCUT2D eigenvalue weighted by atomic mass is 9.87. The number of nitrogens with zero attached hydrogens (tertiary/aromatic N) is 1. The quantitative estimate of drug-likeness (QED) is 0.724. The summed E-state index contributed by atoms with van der Waals surface area (Å²) in [6, 6.07) is 6.28. The van der Waals surface area contributed by atoms with E-state index >= 15 is 0 Å². The maximum atomic E-state index is 6.35. The number of hydrogen-bond acceptors (Lipinski definition) is 4. The molecule has 1 fully saturated rings. The van der Waals surface area contributed by atoms with Crippen molar-refractivity contribution in [3.63, 3.8) is 0 Å². The van der Waals surface area contributed by atoms with Crippen molar-refractivity contribution in [3.05, 3.63) is 45.6 Å². The smallest absolute Gasteiger partial charge is 0.146 e. The third-order valence-electron chi connectivity index (χ3n) is 4.88. The van der Waals surface area contributed by atoms with E-state index in [0.29, 0.717) is 5.92 Å². The van der Waals surface area contributed by atoms with E-state index in [0.717, 1.165) is 53.3 Å². The van der Waals surface area contributed by atoms with E-state index in [1.807, 2.05) is 12.3 Å². The van der Waals surface area contributed by atoms with Crippen LogP contribution in [0.2, 0.25) is 0 Å². The average Bonchev–Trinajstić information content (AvgIpc) is 2.72. The Hall–Kier alpha value is -1.59. The number of rotatable bonds is 1. The molecule has 24 heavy (non-hydrogen) atoms. The van der Waals surface area contributed by atoms with Crippen LogP contribution < -0.4 is 10.1 Å². The van der Waals surface area contributed by atoms with Gasteiger partial charge in [-0.3, -0.25) is 0 Å². The van der Waals surface area contributed by atoms with E-state index < -0.39 is 0 Å². The van der Waals surface area contributed by atoms with Crippen LogP contribution in [0.4, 0.5) is 11.5 Å². The molecule has 4 rings (SSSR count). The molecule has 5 heteroatoms. The van der Waals surface area contributed by atoms with E-state index in [4.69, 9.17) is 9.47 Å². The number of aryl methyl sites for hydroxylation is 1. The fraction of sp³-hybridized carbons (Fsp3) is 0.421. The molecule has 0 spiro atoms. The molecule has 0 aliphatic carbocycles. The summed E-state index contributed by atoms with van der Waals surface area (Å²) >= 11 is 3.57. The van der Waals surface area contributed by atoms with E-state index in [2.05, 4.69) is 52.2 Å². The number of halogens is 1. The topological polar surface area (TPSA) is 43.4 Å². The van der Waals surface area contributed by atoms with Crippen LogP contribution >= 0.6 is 15.9 Å². The molecule has 1 N–H and O–H groups in total. The summed E-state index contributed by atoms with van der Waals surface area (Å²) in [6.45, 7) is 5.84. The lowest BCUT2D eigenvalue weighted by Gasteiger charge is -2.26. The lowest BCUT2D eigenvalue weighted by molar-refractivity contribution is 0.0846. The minimum Gasteiger partial charge on any atom is -0.483 e. The second-order valence-electron chi connectivity index (χ2n) is 6.53. The number of aromatic nitrogens is 1. The van der Waals surface area contributed by atoms with Crippen LogP contribution in [-0.2, 0) is 4.74 Å². The molecule has 0 amide bonds.